The number of carbonyl (C=O) groups is 1. The second kappa shape index (κ2) is 5.81. The molecule has 0 aliphatic carbocycles. The highest BCUT2D eigenvalue weighted by atomic mass is 32.2. The van der Waals surface area contributed by atoms with Crippen LogP contribution in [0.2, 0.25) is 0 Å². The summed E-state index contributed by atoms with van der Waals surface area (Å²) in [5.41, 5.74) is 0.365. The van der Waals surface area contributed by atoms with E-state index in [1.54, 1.807) is 0 Å². The lowest BCUT2D eigenvalue weighted by molar-refractivity contribution is -0.118. The third-order valence-corrected chi connectivity index (χ3v) is 3.40. The van der Waals surface area contributed by atoms with Crippen LogP contribution in [-0.2, 0) is 14.8 Å². The normalized spacial score (nSPS) is 11.1. The molecule has 0 heterocycles. The Morgan fingerprint density at radius 3 is 2.33 bits per heavy atom. The summed E-state index contributed by atoms with van der Waals surface area (Å²) in [6.45, 7) is 1.65. The smallest absolute Gasteiger partial charge is 0.232 e. The number of carbonyl (C=O) groups excluding carboxylic acids is 1. The van der Waals surface area contributed by atoms with E-state index in [-0.39, 0.29) is 19.0 Å². The van der Waals surface area contributed by atoms with Crippen molar-refractivity contribution in [3.8, 4) is 0 Å². The molecule has 0 aliphatic heterocycles. The molecule has 0 fully saturated rings. The number of hydrogen-bond donors (Lipinski definition) is 1. The average Bonchev–Trinajstić information content (AvgIpc) is 2.24. The van der Waals surface area contributed by atoms with Gasteiger partial charge in [-0.15, -0.1) is 0 Å². The monoisotopic (exact) mass is 274 g/mol. The first-order chi connectivity index (χ1) is 8.30. The molecule has 1 aromatic rings. The van der Waals surface area contributed by atoms with Crippen molar-refractivity contribution in [2.75, 3.05) is 23.7 Å². The Balaban J connectivity index is 2.86. The summed E-state index contributed by atoms with van der Waals surface area (Å²) in [6.07, 6.45) is 1.06. The number of hydrogen-bond acceptors (Lipinski definition) is 3. The fourth-order valence-electron chi connectivity index (χ4n) is 1.43. The molecule has 1 aromatic carbocycles. The minimum atomic E-state index is -3.47. The summed E-state index contributed by atoms with van der Waals surface area (Å²) >= 11 is 0. The van der Waals surface area contributed by atoms with E-state index >= 15 is 0 Å². The molecule has 0 spiro atoms. The lowest BCUT2D eigenvalue weighted by Crippen LogP contribution is -2.37. The number of halogens is 1. The number of amides is 1. The summed E-state index contributed by atoms with van der Waals surface area (Å²) < 4.78 is 37.1. The van der Waals surface area contributed by atoms with Gasteiger partial charge in [0.25, 0.3) is 0 Å². The highest BCUT2D eigenvalue weighted by Gasteiger charge is 2.16. The van der Waals surface area contributed by atoms with Crippen molar-refractivity contribution >= 4 is 21.6 Å². The summed E-state index contributed by atoms with van der Waals surface area (Å²) in [5.74, 6) is -0.670. The lowest BCUT2D eigenvalue weighted by atomic mass is 10.3. The molecule has 0 unspecified atom stereocenters. The second-order valence-electron chi connectivity index (χ2n) is 3.79. The molecule has 0 radical (unpaired) electrons. The Morgan fingerprint density at radius 2 is 1.89 bits per heavy atom. The molecule has 0 bridgehead atoms. The summed E-state index contributed by atoms with van der Waals surface area (Å²) in [4.78, 5) is 10.7. The maximum Gasteiger partial charge on any atom is 0.232 e. The predicted octanol–water partition coefficient (Wildman–Crippen LogP) is 0.728. The molecule has 18 heavy (non-hydrogen) atoms. The van der Waals surface area contributed by atoms with Crippen molar-refractivity contribution in [2.45, 2.75) is 6.92 Å². The molecule has 0 saturated carbocycles. The van der Waals surface area contributed by atoms with Crippen LogP contribution in [0, 0.1) is 5.82 Å². The van der Waals surface area contributed by atoms with E-state index in [0.29, 0.717) is 5.69 Å². The van der Waals surface area contributed by atoms with Crippen molar-refractivity contribution in [1.82, 2.24) is 5.32 Å². The molecular formula is C11H15FN2O3S. The van der Waals surface area contributed by atoms with Crippen LogP contribution in [0.3, 0.4) is 0 Å². The molecule has 5 nitrogen and oxygen atoms in total. The Labute approximate surface area is 106 Å². The summed E-state index contributed by atoms with van der Waals surface area (Å²) in [5, 5.41) is 2.51. The molecule has 0 saturated heterocycles. The first kappa shape index (κ1) is 14.4. The van der Waals surface area contributed by atoms with Crippen LogP contribution in [0.1, 0.15) is 6.92 Å². The minimum Gasteiger partial charge on any atom is -0.355 e. The Kier molecular flexibility index (Phi) is 4.66. The second-order valence-corrected chi connectivity index (χ2v) is 5.70. The lowest BCUT2D eigenvalue weighted by Gasteiger charge is -2.22. The van der Waals surface area contributed by atoms with Crippen molar-refractivity contribution in [2.24, 2.45) is 0 Å². The fraction of sp³-hybridized carbons (Fsp3) is 0.364. The van der Waals surface area contributed by atoms with E-state index in [0.717, 1.165) is 10.6 Å². The molecule has 0 atom stereocenters. The maximum absolute atomic E-state index is 12.8. The SMILES string of the molecule is CC(=O)NCCN(c1ccc(F)cc1)S(C)(=O)=O. The van der Waals surface area contributed by atoms with Gasteiger partial charge in [-0.25, -0.2) is 12.8 Å². The van der Waals surface area contributed by atoms with E-state index in [1.807, 2.05) is 0 Å². The van der Waals surface area contributed by atoms with Gasteiger partial charge in [0.15, 0.2) is 0 Å². The first-order valence-corrected chi connectivity index (χ1v) is 7.13. The number of benzene rings is 1. The van der Waals surface area contributed by atoms with E-state index in [1.165, 1.54) is 31.2 Å². The zero-order valence-corrected chi connectivity index (χ0v) is 11.0. The van der Waals surface area contributed by atoms with Gasteiger partial charge in [0.05, 0.1) is 18.5 Å². The van der Waals surface area contributed by atoms with Gasteiger partial charge in [0.2, 0.25) is 15.9 Å². The van der Waals surface area contributed by atoms with E-state index < -0.39 is 15.8 Å². The zero-order chi connectivity index (χ0) is 13.8. The Bertz CT molecular complexity index is 514. The van der Waals surface area contributed by atoms with Gasteiger partial charge >= 0.3 is 0 Å². The summed E-state index contributed by atoms with van der Waals surface area (Å²) in [6, 6.07) is 5.13. The van der Waals surface area contributed by atoms with Crippen molar-refractivity contribution in [3.63, 3.8) is 0 Å². The van der Waals surface area contributed by atoms with Crippen LogP contribution in [0.5, 0.6) is 0 Å². The third kappa shape index (κ3) is 4.33. The van der Waals surface area contributed by atoms with Crippen molar-refractivity contribution < 1.29 is 17.6 Å². The third-order valence-electron chi connectivity index (χ3n) is 2.20. The highest BCUT2D eigenvalue weighted by molar-refractivity contribution is 7.92. The highest BCUT2D eigenvalue weighted by Crippen LogP contribution is 2.17. The van der Waals surface area contributed by atoms with Crippen LogP contribution in [0.15, 0.2) is 24.3 Å². The maximum atomic E-state index is 12.8. The average molecular weight is 274 g/mol. The van der Waals surface area contributed by atoms with Gasteiger partial charge in [0, 0.05) is 13.5 Å². The van der Waals surface area contributed by atoms with Gasteiger partial charge in [-0.3, -0.25) is 9.10 Å². The number of nitrogens with zero attached hydrogens (tertiary/aromatic N) is 1. The topological polar surface area (TPSA) is 66.5 Å². The number of rotatable bonds is 5. The van der Waals surface area contributed by atoms with E-state index in [2.05, 4.69) is 5.32 Å². The number of nitrogens with one attached hydrogen (secondary N) is 1. The standard InChI is InChI=1S/C11H15FN2O3S/c1-9(15)13-7-8-14(18(2,16)17)11-5-3-10(12)4-6-11/h3-6H,7-8H2,1-2H3,(H,13,15). The summed E-state index contributed by atoms with van der Waals surface area (Å²) in [7, 11) is -3.47. The van der Waals surface area contributed by atoms with Gasteiger partial charge in [-0.1, -0.05) is 0 Å². The quantitative estimate of drug-likeness (QED) is 0.860. The van der Waals surface area contributed by atoms with Gasteiger partial charge < -0.3 is 5.32 Å². The number of sulfonamides is 1. The molecule has 1 amide bonds. The molecule has 0 aromatic heterocycles. The molecule has 1 rings (SSSR count). The number of anilines is 1. The molecular weight excluding hydrogens is 259 g/mol. The van der Waals surface area contributed by atoms with Crippen molar-refractivity contribution in [1.29, 1.82) is 0 Å². The minimum absolute atomic E-state index is 0.101. The molecule has 1 N–H and O–H groups in total. The largest absolute Gasteiger partial charge is 0.355 e. The molecule has 0 aliphatic rings. The van der Waals surface area contributed by atoms with E-state index in [9.17, 15) is 17.6 Å². The first-order valence-electron chi connectivity index (χ1n) is 5.28. The Hall–Kier alpha value is -1.63. The molecule has 100 valence electrons. The van der Waals surface area contributed by atoms with Gasteiger partial charge in [0.1, 0.15) is 5.82 Å². The van der Waals surface area contributed by atoms with Crippen LogP contribution in [-0.4, -0.2) is 33.7 Å². The van der Waals surface area contributed by atoms with Gasteiger partial charge in [-0.2, -0.15) is 0 Å². The van der Waals surface area contributed by atoms with Crippen LogP contribution in [0.4, 0.5) is 10.1 Å². The van der Waals surface area contributed by atoms with Crippen molar-refractivity contribution in [3.05, 3.63) is 30.1 Å². The van der Waals surface area contributed by atoms with Crippen LogP contribution >= 0.6 is 0 Å². The predicted molar refractivity (Wildman–Crippen MR) is 67.3 cm³/mol. The van der Waals surface area contributed by atoms with E-state index in [4.69, 9.17) is 0 Å². The molecule has 7 heteroatoms. The fourth-order valence-corrected chi connectivity index (χ4v) is 2.35. The van der Waals surface area contributed by atoms with Crippen LogP contribution in [0.25, 0.3) is 0 Å². The Morgan fingerprint density at radius 1 is 1.33 bits per heavy atom. The zero-order valence-electron chi connectivity index (χ0n) is 10.2. The van der Waals surface area contributed by atoms with Gasteiger partial charge in [-0.05, 0) is 24.3 Å². The van der Waals surface area contributed by atoms with Crippen LogP contribution < -0.4 is 9.62 Å².